The second-order valence-corrected chi connectivity index (χ2v) is 7.02. The van der Waals surface area contributed by atoms with Crippen molar-refractivity contribution in [2.75, 3.05) is 7.11 Å². The minimum absolute atomic E-state index is 0.0193. The van der Waals surface area contributed by atoms with Crippen molar-refractivity contribution in [1.82, 2.24) is 0 Å². The van der Waals surface area contributed by atoms with E-state index in [2.05, 4.69) is 52.5 Å². The number of rotatable bonds is 6. The van der Waals surface area contributed by atoms with Crippen LogP contribution in [0.2, 0.25) is 0 Å². The molecule has 8 nitrogen and oxygen atoms in total. The lowest BCUT2D eigenvalue weighted by atomic mass is 9.91. The summed E-state index contributed by atoms with van der Waals surface area (Å²) >= 11 is 9.21. The molecule has 1 aromatic carbocycles. The van der Waals surface area contributed by atoms with Crippen molar-refractivity contribution in [2.24, 2.45) is 5.92 Å². The summed E-state index contributed by atoms with van der Waals surface area (Å²) in [5.41, 5.74) is -0.520. The summed E-state index contributed by atoms with van der Waals surface area (Å²) < 4.78 is 4.59. The Morgan fingerprint density at radius 3 is 2.00 bits per heavy atom. The predicted molar refractivity (Wildman–Crippen MR) is 95.4 cm³/mol. The highest BCUT2D eigenvalue weighted by Gasteiger charge is 2.31. The molecule has 0 aromatic heterocycles. The van der Waals surface area contributed by atoms with Crippen molar-refractivity contribution in [2.45, 2.75) is 6.42 Å². The van der Waals surface area contributed by atoms with E-state index in [1.807, 2.05) is 0 Å². The van der Waals surface area contributed by atoms with Crippen LogP contribution >= 0.6 is 47.8 Å². The van der Waals surface area contributed by atoms with Gasteiger partial charge in [-0.05, 0) is 59.8 Å². The minimum Gasteiger partial charge on any atom is -0.503 e. The Labute approximate surface area is 166 Å². The molecule has 11 heteroatoms. The monoisotopic (exact) mass is 544 g/mol. The van der Waals surface area contributed by atoms with E-state index in [0.717, 1.165) is 7.11 Å². The number of ether oxygens (including phenoxy) is 1. The van der Waals surface area contributed by atoms with E-state index in [-0.39, 0.29) is 19.0 Å². The number of methoxy groups -OCH3 is 1. The molecule has 0 spiro atoms. The summed E-state index contributed by atoms with van der Waals surface area (Å²) in [6.45, 7) is 0. The molecule has 1 aromatic rings. The Morgan fingerprint density at radius 2 is 1.56 bits per heavy atom. The smallest absolute Gasteiger partial charge is 0.332 e. The van der Waals surface area contributed by atoms with E-state index in [4.69, 9.17) is 0 Å². The summed E-state index contributed by atoms with van der Waals surface area (Å²) in [5, 5.41) is 38.3. The van der Waals surface area contributed by atoms with E-state index < -0.39 is 47.3 Å². The molecule has 0 fully saturated rings. The van der Waals surface area contributed by atoms with Gasteiger partial charge in [-0.15, -0.1) is 0 Å². The maximum absolute atomic E-state index is 11.6. The number of aromatic hydroxyl groups is 2. The summed E-state index contributed by atoms with van der Waals surface area (Å²) in [7, 11) is 1.02. The van der Waals surface area contributed by atoms with Crippen LogP contribution in [0, 0.1) is 5.92 Å². The summed E-state index contributed by atoms with van der Waals surface area (Å²) in [5.74, 6) is -6.79. The van der Waals surface area contributed by atoms with Crippen LogP contribution in [0.5, 0.6) is 11.5 Å². The Kier molecular flexibility index (Phi) is 7.44. The SMILES string of the molecule is COC(=O)/C=C(/C(=O)O)C(Cc1c(Br)c(O)c(O)c(Br)c1Br)C(=O)O. The lowest BCUT2D eigenvalue weighted by Crippen LogP contribution is -2.25. The standard InChI is InChI=1S/C14H11Br3O8/c1-25-7(18)3-5(14(23)24)4(13(21)22)2-6-8(15)10(17)12(20)11(19)9(6)16/h3-4,19-20H,2H2,1H3,(H,21,22)(H,23,24)/b5-3+. The molecule has 0 radical (unpaired) electrons. The van der Waals surface area contributed by atoms with Crippen molar-refractivity contribution in [1.29, 1.82) is 0 Å². The molecule has 25 heavy (non-hydrogen) atoms. The number of hydrogen-bond acceptors (Lipinski definition) is 6. The lowest BCUT2D eigenvalue weighted by Gasteiger charge is -2.18. The molecule has 136 valence electrons. The number of aliphatic carboxylic acids is 2. The van der Waals surface area contributed by atoms with Gasteiger partial charge in [0.05, 0.1) is 27.5 Å². The van der Waals surface area contributed by atoms with Gasteiger partial charge in [-0.25, -0.2) is 9.59 Å². The highest BCUT2D eigenvalue weighted by molar-refractivity contribution is 9.13. The molecule has 0 aliphatic heterocycles. The molecule has 0 heterocycles. The maximum Gasteiger partial charge on any atom is 0.332 e. The summed E-state index contributed by atoms with van der Waals surface area (Å²) in [6, 6.07) is 0. The number of carbonyl (C=O) groups excluding carboxylic acids is 1. The molecule has 0 amide bonds. The second kappa shape index (κ2) is 8.68. The third-order valence-corrected chi connectivity index (χ3v) is 6.20. The van der Waals surface area contributed by atoms with Gasteiger partial charge >= 0.3 is 17.9 Å². The van der Waals surface area contributed by atoms with E-state index in [1.54, 1.807) is 0 Å². The van der Waals surface area contributed by atoms with E-state index in [1.165, 1.54) is 0 Å². The molecular formula is C14H11Br3O8. The molecule has 1 unspecified atom stereocenters. The molecule has 0 saturated heterocycles. The van der Waals surface area contributed by atoms with E-state index in [9.17, 15) is 34.8 Å². The molecule has 0 bridgehead atoms. The van der Waals surface area contributed by atoms with Crippen LogP contribution in [0.3, 0.4) is 0 Å². The largest absolute Gasteiger partial charge is 0.503 e. The van der Waals surface area contributed by atoms with Crippen LogP contribution in [0.25, 0.3) is 0 Å². The Balaban J connectivity index is 3.51. The Hall–Kier alpha value is -1.59. The van der Waals surface area contributed by atoms with Gasteiger partial charge in [-0.3, -0.25) is 4.79 Å². The van der Waals surface area contributed by atoms with E-state index >= 15 is 0 Å². The zero-order chi connectivity index (χ0) is 19.5. The fourth-order valence-corrected chi connectivity index (χ4v) is 3.68. The fourth-order valence-electron chi connectivity index (χ4n) is 1.89. The number of phenolic OH excluding ortho intramolecular Hbond substituents is 2. The lowest BCUT2D eigenvalue weighted by molar-refractivity contribution is -0.144. The Bertz CT molecular complexity index is 743. The average Bonchev–Trinajstić information content (AvgIpc) is 2.56. The van der Waals surface area contributed by atoms with Crippen LogP contribution in [0.1, 0.15) is 5.56 Å². The quantitative estimate of drug-likeness (QED) is 0.185. The number of phenols is 2. The predicted octanol–water partition coefficient (Wildman–Crippen LogP) is 2.81. The first-order valence-electron chi connectivity index (χ1n) is 6.35. The first-order valence-corrected chi connectivity index (χ1v) is 8.73. The number of benzene rings is 1. The number of carboxylic acids is 2. The van der Waals surface area contributed by atoms with Gasteiger partial charge in [0.25, 0.3) is 0 Å². The Morgan fingerprint density at radius 1 is 1.04 bits per heavy atom. The third-order valence-electron chi connectivity index (χ3n) is 3.17. The number of carboxylic acid groups (broad SMARTS) is 2. The van der Waals surface area contributed by atoms with Gasteiger partial charge in [0.2, 0.25) is 0 Å². The van der Waals surface area contributed by atoms with Crippen molar-refractivity contribution in [3.05, 3.63) is 30.6 Å². The van der Waals surface area contributed by atoms with Crippen LogP contribution < -0.4 is 0 Å². The highest BCUT2D eigenvalue weighted by atomic mass is 79.9. The van der Waals surface area contributed by atoms with Crippen LogP contribution in [-0.4, -0.2) is 45.4 Å². The normalized spacial score (nSPS) is 12.6. The van der Waals surface area contributed by atoms with Crippen LogP contribution in [0.4, 0.5) is 0 Å². The van der Waals surface area contributed by atoms with E-state index in [0.29, 0.717) is 6.08 Å². The first-order chi connectivity index (χ1) is 11.5. The molecule has 1 atom stereocenters. The zero-order valence-electron chi connectivity index (χ0n) is 12.4. The second-order valence-electron chi connectivity index (χ2n) is 4.64. The molecule has 0 saturated carbocycles. The number of esters is 1. The van der Waals surface area contributed by atoms with Crippen LogP contribution in [-0.2, 0) is 25.5 Å². The number of halogens is 3. The van der Waals surface area contributed by atoms with Crippen molar-refractivity contribution >= 4 is 65.7 Å². The topological polar surface area (TPSA) is 141 Å². The maximum atomic E-state index is 11.6. The summed E-state index contributed by atoms with van der Waals surface area (Å²) in [4.78, 5) is 34.3. The number of carbonyl (C=O) groups is 3. The average molecular weight is 547 g/mol. The van der Waals surface area contributed by atoms with Gasteiger partial charge in [0.15, 0.2) is 11.5 Å². The van der Waals surface area contributed by atoms with Crippen LogP contribution in [0.15, 0.2) is 25.1 Å². The molecular weight excluding hydrogens is 536 g/mol. The van der Waals surface area contributed by atoms with Crippen molar-refractivity contribution in [3.8, 4) is 11.5 Å². The van der Waals surface area contributed by atoms with Gasteiger partial charge in [-0.2, -0.15) is 0 Å². The highest BCUT2D eigenvalue weighted by Crippen LogP contribution is 2.47. The van der Waals surface area contributed by atoms with Crippen molar-refractivity contribution < 1.29 is 39.5 Å². The van der Waals surface area contributed by atoms with Gasteiger partial charge < -0.3 is 25.2 Å². The van der Waals surface area contributed by atoms with Gasteiger partial charge in [0.1, 0.15) is 0 Å². The molecule has 1 rings (SSSR count). The zero-order valence-corrected chi connectivity index (χ0v) is 17.2. The molecule has 0 aliphatic rings. The van der Waals surface area contributed by atoms with Crippen molar-refractivity contribution in [3.63, 3.8) is 0 Å². The summed E-state index contributed by atoms with van der Waals surface area (Å²) in [6.07, 6.45) is 0.177. The third kappa shape index (κ3) is 4.73. The van der Waals surface area contributed by atoms with Gasteiger partial charge in [0, 0.05) is 10.5 Å². The fraction of sp³-hybridized carbons (Fsp3) is 0.214. The number of hydrogen-bond donors (Lipinski definition) is 4. The van der Waals surface area contributed by atoms with Gasteiger partial charge in [-0.1, -0.05) is 0 Å². The first kappa shape index (κ1) is 21.5. The molecule has 4 N–H and O–H groups in total. The minimum atomic E-state index is -1.62. The molecule has 0 aliphatic carbocycles.